The number of cyclic esters (lactones) is 1. The summed E-state index contributed by atoms with van der Waals surface area (Å²) in [4.78, 5) is 43.6. The van der Waals surface area contributed by atoms with Crippen molar-refractivity contribution in [2.75, 3.05) is 50.7 Å². The van der Waals surface area contributed by atoms with Gasteiger partial charge >= 0.3 is 5.97 Å². The quantitative estimate of drug-likeness (QED) is 0.619. The molecule has 3 heterocycles. The summed E-state index contributed by atoms with van der Waals surface area (Å²) >= 11 is 0. The highest BCUT2D eigenvalue weighted by Gasteiger charge is 2.51. The molecule has 9 heteroatoms. The van der Waals surface area contributed by atoms with Crippen LogP contribution in [0.2, 0.25) is 0 Å². The number of carbonyl (C=O) groups is 3. The smallest absolute Gasteiger partial charge is 0.312 e. The molecule has 3 fully saturated rings. The van der Waals surface area contributed by atoms with Crippen LogP contribution in [0.1, 0.15) is 46.5 Å². The van der Waals surface area contributed by atoms with Gasteiger partial charge in [0.05, 0.1) is 5.41 Å². The maximum Gasteiger partial charge on any atom is 0.312 e. The second kappa shape index (κ2) is 10.1. The van der Waals surface area contributed by atoms with E-state index >= 15 is 0 Å². The number of likely N-dealkylation sites (tertiary alicyclic amines) is 1. The van der Waals surface area contributed by atoms with Gasteiger partial charge in [0.1, 0.15) is 17.5 Å². The van der Waals surface area contributed by atoms with Crippen molar-refractivity contribution < 1.29 is 23.5 Å². The zero-order valence-corrected chi connectivity index (χ0v) is 21.0. The molecule has 3 aliphatic heterocycles. The van der Waals surface area contributed by atoms with E-state index in [2.05, 4.69) is 15.1 Å². The average molecular weight is 489 g/mol. The Labute approximate surface area is 206 Å². The van der Waals surface area contributed by atoms with Gasteiger partial charge in [0.25, 0.3) is 0 Å². The summed E-state index contributed by atoms with van der Waals surface area (Å²) in [6, 6.07) is 6.64. The monoisotopic (exact) mass is 488 g/mol. The van der Waals surface area contributed by atoms with Crippen LogP contribution in [0.3, 0.4) is 0 Å². The first-order valence-corrected chi connectivity index (χ1v) is 12.6. The lowest BCUT2D eigenvalue weighted by Crippen LogP contribution is -2.58. The lowest BCUT2D eigenvalue weighted by molar-refractivity contribution is -0.153. The fourth-order valence-electron chi connectivity index (χ4n) is 5.64. The molecule has 0 saturated carbocycles. The molecule has 1 aromatic carbocycles. The number of hydrogen-bond donors (Lipinski definition) is 1. The summed E-state index contributed by atoms with van der Waals surface area (Å²) in [6.07, 6.45) is 2.62. The summed E-state index contributed by atoms with van der Waals surface area (Å²) in [5.74, 6) is -0.708. The SMILES string of the molecule is CC(=O)NC(C)(C)C(=O)N1CCC2(CC1)CC(CCN1CCN(c3ccc(F)cc3)CC1)OC2=O. The van der Waals surface area contributed by atoms with Crippen LogP contribution in [0.15, 0.2) is 24.3 Å². The molecule has 3 aliphatic rings. The molecule has 0 aromatic heterocycles. The van der Waals surface area contributed by atoms with Crippen molar-refractivity contribution in [3.63, 3.8) is 0 Å². The lowest BCUT2D eigenvalue weighted by Gasteiger charge is -2.40. The average Bonchev–Trinajstić information content (AvgIpc) is 3.12. The molecule has 35 heavy (non-hydrogen) atoms. The number of piperazine rings is 1. The van der Waals surface area contributed by atoms with Crippen molar-refractivity contribution in [3.8, 4) is 0 Å². The van der Waals surface area contributed by atoms with Gasteiger partial charge in [-0.1, -0.05) is 0 Å². The maximum absolute atomic E-state index is 13.2. The van der Waals surface area contributed by atoms with Crippen molar-refractivity contribution in [1.29, 1.82) is 0 Å². The molecule has 1 aromatic rings. The second-order valence-electron chi connectivity index (χ2n) is 10.7. The van der Waals surface area contributed by atoms with Crippen LogP contribution in [0.4, 0.5) is 10.1 Å². The van der Waals surface area contributed by atoms with Crippen molar-refractivity contribution in [3.05, 3.63) is 30.1 Å². The number of halogens is 1. The molecule has 1 atom stereocenters. The number of amides is 2. The topological polar surface area (TPSA) is 82.2 Å². The summed E-state index contributed by atoms with van der Waals surface area (Å²) in [5.41, 5.74) is -0.417. The maximum atomic E-state index is 13.2. The molecule has 2 amide bonds. The zero-order valence-electron chi connectivity index (χ0n) is 21.0. The minimum Gasteiger partial charge on any atom is -0.462 e. The Bertz CT molecular complexity index is 935. The van der Waals surface area contributed by atoms with Crippen LogP contribution < -0.4 is 10.2 Å². The van der Waals surface area contributed by atoms with Crippen molar-refractivity contribution in [2.45, 2.75) is 58.1 Å². The number of ether oxygens (including phenoxy) is 1. The Hall–Kier alpha value is -2.68. The largest absolute Gasteiger partial charge is 0.462 e. The highest BCUT2D eigenvalue weighted by Crippen LogP contribution is 2.44. The molecule has 4 rings (SSSR count). The van der Waals surface area contributed by atoms with Crippen molar-refractivity contribution >= 4 is 23.5 Å². The number of carbonyl (C=O) groups excluding carboxylic acids is 3. The van der Waals surface area contributed by atoms with Gasteiger partial charge in [-0.15, -0.1) is 0 Å². The van der Waals surface area contributed by atoms with E-state index in [1.54, 1.807) is 18.7 Å². The lowest BCUT2D eigenvalue weighted by atomic mass is 9.75. The van der Waals surface area contributed by atoms with E-state index in [4.69, 9.17) is 4.74 Å². The number of anilines is 1. The highest BCUT2D eigenvalue weighted by atomic mass is 19.1. The molecule has 192 valence electrons. The first-order chi connectivity index (χ1) is 16.6. The fraction of sp³-hybridized carbons (Fsp3) is 0.654. The molecule has 1 N–H and O–H groups in total. The van der Waals surface area contributed by atoms with Gasteiger partial charge in [-0.25, -0.2) is 4.39 Å². The Morgan fingerprint density at radius 1 is 1.09 bits per heavy atom. The fourth-order valence-corrected chi connectivity index (χ4v) is 5.64. The Kier molecular flexibility index (Phi) is 7.35. The van der Waals surface area contributed by atoms with E-state index in [0.717, 1.165) is 44.8 Å². The predicted molar refractivity (Wildman–Crippen MR) is 130 cm³/mol. The zero-order chi connectivity index (χ0) is 25.2. The van der Waals surface area contributed by atoms with Crippen molar-refractivity contribution in [1.82, 2.24) is 15.1 Å². The standard InChI is InChI=1S/C26H37FN4O4/c1-19(32)28-25(2,3)23(33)31-12-9-26(10-13-31)18-22(35-24(26)34)8-11-29-14-16-30(17-15-29)21-6-4-20(27)5-7-21/h4-7,22H,8-18H2,1-3H3,(H,28,32). The molecule has 0 aliphatic carbocycles. The summed E-state index contributed by atoms with van der Waals surface area (Å²) < 4.78 is 19.0. The normalized spacial score (nSPS) is 22.9. The Morgan fingerprint density at radius 2 is 1.71 bits per heavy atom. The minimum absolute atomic E-state index is 0.0873. The molecular weight excluding hydrogens is 451 g/mol. The van der Waals surface area contributed by atoms with Crippen molar-refractivity contribution in [2.24, 2.45) is 5.41 Å². The molecule has 3 saturated heterocycles. The van der Waals surface area contributed by atoms with Gasteiger partial charge < -0.3 is 19.9 Å². The Morgan fingerprint density at radius 3 is 2.31 bits per heavy atom. The van der Waals surface area contributed by atoms with E-state index in [-0.39, 0.29) is 29.7 Å². The number of nitrogens with one attached hydrogen (secondary N) is 1. The highest BCUT2D eigenvalue weighted by molar-refractivity contribution is 5.90. The minimum atomic E-state index is -0.963. The van der Waals surface area contributed by atoms with Crippen LogP contribution in [0.25, 0.3) is 0 Å². The van der Waals surface area contributed by atoms with Crippen LogP contribution >= 0.6 is 0 Å². The van der Waals surface area contributed by atoms with E-state index < -0.39 is 11.0 Å². The Balaban J connectivity index is 1.22. The molecule has 1 unspecified atom stereocenters. The van der Waals surface area contributed by atoms with Gasteiger partial charge in [-0.3, -0.25) is 19.3 Å². The summed E-state index contributed by atoms with van der Waals surface area (Å²) in [5, 5.41) is 2.71. The van der Waals surface area contributed by atoms with E-state index in [1.807, 2.05) is 12.1 Å². The van der Waals surface area contributed by atoms with Crippen LogP contribution in [0, 0.1) is 11.2 Å². The number of benzene rings is 1. The number of nitrogens with zero attached hydrogens (tertiary/aromatic N) is 3. The number of hydrogen-bond acceptors (Lipinski definition) is 6. The molecule has 0 bridgehead atoms. The molecule has 8 nitrogen and oxygen atoms in total. The van der Waals surface area contributed by atoms with Gasteiger partial charge in [-0.2, -0.15) is 0 Å². The summed E-state index contributed by atoms with van der Waals surface area (Å²) in [7, 11) is 0. The van der Waals surface area contributed by atoms with E-state index in [1.165, 1.54) is 19.1 Å². The number of esters is 1. The third-order valence-electron chi connectivity index (χ3n) is 7.69. The second-order valence-corrected chi connectivity index (χ2v) is 10.7. The van der Waals surface area contributed by atoms with E-state index in [9.17, 15) is 18.8 Å². The van der Waals surface area contributed by atoms with Crippen LogP contribution in [-0.2, 0) is 19.1 Å². The molecule has 0 radical (unpaired) electrons. The predicted octanol–water partition coefficient (Wildman–Crippen LogP) is 2.18. The van der Waals surface area contributed by atoms with Crippen LogP contribution in [-0.4, -0.2) is 85.0 Å². The third kappa shape index (κ3) is 5.77. The first kappa shape index (κ1) is 25.4. The van der Waals surface area contributed by atoms with Gasteiger partial charge in [-0.05, 0) is 57.4 Å². The number of rotatable bonds is 6. The summed E-state index contributed by atoms with van der Waals surface area (Å²) in [6.45, 7) is 10.3. The third-order valence-corrected chi connectivity index (χ3v) is 7.69. The van der Waals surface area contributed by atoms with E-state index in [0.29, 0.717) is 32.4 Å². The van der Waals surface area contributed by atoms with Gasteiger partial charge in [0.15, 0.2) is 0 Å². The number of piperidine rings is 1. The van der Waals surface area contributed by atoms with Gasteiger partial charge in [0, 0.05) is 64.8 Å². The molecular formula is C26H37FN4O4. The first-order valence-electron chi connectivity index (χ1n) is 12.6. The van der Waals surface area contributed by atoms with Crippen LogP contribution in [0.5, 0.6) is 0 Å². The molecule has 1 spiro atoms. The van der Waals surface area contributed by atoms with Gasteiger partial charge in [0.2, 0.25) is 11.8 Å².